The Morgan fingerprint density at radius 2 is 1.76 bits per heavy atom. The van der Waals surface area contributed by atoms with Gasteiger partial charge in [0.15, 0.2) is 0 Å². The molecule has 2 aliphatic carbocycles. The molecule has 3 rings (SSSR count). The van der Waals surface area contributed by atoms with Crippen molar-refractivity contribution < 1.29 is 9.90 Å². The van der Waals surface area contributed by atoms with Gasteiger partial charge in [0, 0.05) is 10.5 Å². The maximum absolute atomic E-state index is 11.6. The van der Waals surface area contributed by atoms with Crippen LogP contribution in [0.1, 0.15) is 56.4 Å². The van der Waals surface area contributed by atoms with E-state index in [2.05, 4.69) is 30.3 Å². The second-order valence-corrected chi connectivity index (χ2v) is 7.99. The van der Waals surface area contributed by atoms with Gasteiger partial charge < -0.3 is 5.11 Å². The summed E-state index contributed by atoms with van der Waals surface area (Å²) in [6, 6.07) is 10.6. The number of aliphatic carboxylic acids is 1. The Morgan fingerprint density at radius 1 is 1.05 bits per heavy atom. The van der Waals surface area contributed by atoms with Gasteiger partial charge in [-0.2, -0.15) is 11.8 Å². The van der Waals surface area contributed by atoms with Gasteiger partial charge >= 0.3 is 5.97 Å². The normalized spacial score (nSPS) is 30.4. The Kier molecular flexibility index (Phi) is 4.89. The molecule has 0 saturated heterocycles. The maximum Gasteiger partial charge on any atom is 0.307 e. The average molecular weight is 304 g/mol. The highest BCUT2D eigenvalue weighted by molar-refractivity contribution is 8.00. The molecule has 2 nitrogen and oxygen atoms in total. The fourth-order valence-electron chi connectivity index (χ4n) is 3.86. The molecule has 3 atom stereocenters. The predicted octanol–water partition coefficient (Wildman–Crippen LogP) is 4.70. The molecule has 114 valence electrons. The molecule has 0 aliphatic heterocycles. The van der Waals surface area contributed by atoms with Gasteiger partial charge in [0.05, 0.1) is 5.92 Å². The Hall–Kier alpha value is -0.960. The van der Waals surface area contributed by atoms with E-state index >= 15 is 0 Å². The molecule has 3 heteroatoms. The minimum atomic E-state index is -0.586. The number of hydrogen-bond acceptors (Lipinski definition) is 2. The second kappa shape index (κ2) is 6.87. The van der Waals surface area contributed by atoms with Crippen LogP contribution in [0.4, 0.5) is 0 Å². The molecular weight excluding hydrogens is 280 g/mol. The van der Waals surface area contributed by atoms with Crippen LogP contribution in [-0.2, 0) is 4.79 Å². The first-order chi connectivity index (χ1) is 10.2. The van der Waals surface area contributed by atoms with E-state index in [4.69, 9.17) is 0 Å². The lowest BCUT2D eigenvalue weighted by Gasteiger charge is -2.35. The molecule has 0 bridgehead atoms. The van der Waals surface area contributed by atoms with E-state index in [-0.39, 0.29) is 5.92 Å². The van der Waals surface area contributed by atoms with Crippen LogP contribution >= 0.6 is 11.8 Å². The van der Waals surface area contributed by atoms with Crippen LogP contribution in [0.3, 0.4) is 0 Å². The lowest BCUT2D eigenvalue weighted by Crippen LogP contribution is -2.33. The second-order valence-electron chi connectivity index (χ2n) is 6.45. The van der Waals surface area contributed by atoms with Crippen LogP contribution < -0.4 is 0 Å². The maximum atomic E-state index is 11.6. The van der Waals surface area contributed by atoms with Crippen LogP contribution in [0.2, 0.25) is 0 Å². The van der Waals surface area contributed by atoms with E-state index in [0.717, 1.165) is 19.3 Å². The largest absolute Gasteiger partial charge is 0.481 e. The van der Waals surface area contributed by atoms with Crippen LogP contribution in [0.5, 0.6) is 0 Å². The summed E-state index contributed by atoms with van der Waals surface area (Å²) in [6.45, 7) is 0. The first-order valence-corrected chi connectivity index (χ1v) is 9.11. The van der Waals surface area contributed by atoms with Crippen molar-refractivity contribution in [3.8, 4) is 0 Å². The number of carboxylic acid groups (broad SMARTS) is 1. The Morgan fingerprint density at radius 3 is 2.43 bits per heavy atom. The van der Waals surface area contributed by atoms with Gasteiger partial charge in [0.25, 0.3) is 0 Å². The molecule has 3 unspecified atom stereocenters. The van der Waals surface area contributed by atoms with Crippen molar-refractivity contribution in [2.75, 3.05) is 0 Å². The molecule has 1 N–H and O–H groups in total. The summed E-state index contributed by atoms with van der Waals surface area (Å²) in [7, 11) is 0. The summed E-state index contributed by atoms with van der Waals surface area (Å²) >= 11 is 1.98. The lowest BCUT2D eigenvalue weighted by molar-refractivity contribution is -0.142. The van der Waals surface area contributed by atoms with Gasteiger partial charge in [-0.05, 0) is 43.6 Å². The van der Waals surface area contributed by atoms with Crippen molar-refractivity contribution in [1.82, 2.24) is 0 Å². The van der Waals surface area contributed by atoms with Crippen molar-refractivity contribution in [2.24, 2.45) is 5.92 Å². The highest BCUT2D eigenvalue weighted by Gasteiger charge is 2.37. The third kappa shape index (κ3) is 3.63. The molecule has 2 saturated carbocycles. The highest BCUT2D eigenvalue weighted by atomic mass is 32.2. The molecular formula is C18H24O2S. The number of rotatable bonds is 4. The van der Waals surface area contributed by atoms with Crippen LogP contribution in [0.15, 0.2) is 30.3 Å². The summed E-state index contributed by atoms with van der Waals surface area (Å²) in [5, 5.41) is 10.5. The van der Waals surface area contributed by atoms with Crippen molar-refractivity contribution in [2.45, 2.75) is 61.4 Å². The molecule has 0 spiro atoms. The molecule has 0 aromatic heterocycles. The summed E-state index contributed by atoms with van der Waals surface area (Å²) < 4.78 is 0. The third-order valence-corrected chi connectivity index (χ3v) is 6.78. The Bertz CT molecular complexity index is 467. The number of hydrogen-bond donors (Lipinski definition) is 1. The number of benzene rings is 1. The van der Waals surface area contributed by atoms with Gasteiger partial charge in [0.2, 0.25) is 0 Å². The first-order valence-electron chi connectivity index (χ1n) is 8.17. The summed E-state index contributed by atoms with van der Waals surface area (Å²) in [5.41, 5.74) is 1.39. The molecule has 0 radical (unpaired) electrons. The zero-order valence-electron chi connectivity index (χ0n) is 12.4. The smallest absolute Gasteiger partial charge is 0.307 e. The van der Waals surface area contributed by atoms with Crippen LogP contribution in [-0.4, -0.2) is 21.6 Å². The quantitative estimate of drug-likeness (QED) is 0.876. The van der Waals surface area contributed by atoms with Crippen molar-refractivity contribution in [1.29, 1.82) is 0 Å². The monoisotopic (exact) mass is 304 g/mol. The number of thioether (sulfide) groups is 1. The minimum absolute atomic E-state index is 0.143. The molecule has 1 aromatic carbocycles. The summed E-state index contributed by atoms with van der Waals surface area (Å²) in [6.07, 6.45) is 8.09. The third-order valence-electron chi connectivity index (χ3n) is 5.05. The molecule has 2 aliphatic rings. The van der Waals surface area contributed by atoms with Crippen molar-refractivity contribution >= 4 is 17.7 Å². The van der Waals surface area contributed by atoms with Crippen LogP contribution in [0.25, 0.3) is 0 Å². The lowest BCUT2D eigenvalue weighted by atomic mass is 9.78. The van der Waals surface area contributed by atoms with Gasteiger partial charge in [-0.25, -0.2) is 0 Å². The average Bonchev–Trinajstić information content (AvgIpc) is 3.01. The van der Waals surface area contributed by atoms with Gasteiger partial charge in [0.1, 0.15) is 0 Å². The van der Waals surface area contributed by atoms with Gasteiger partial charge in [-0.3, -0.25) is 4.79 Å². The van der Waals surface area contributed by atoms with E-state index in [9.17, 15) is 9.90 Å². The van der Waals surface area contributed by atoms with E-state index in [1.165, 1.54) is 31.2 Å². The number of carboxylic acids is 1. The zero-order chi connectivity index (χ0) is 14.7. The topological polar surface area (TPSA) is 37.3 Å². The molecule has 0 heterocycles. The minimum Gasteiger partial charge on any atom is -0.481 e. The summed E-state index contributed by atoms with van der Waals surface area (Å²) in [5.74, 6) is -0.187. The molecule has 0 amide bonds. The van der Waals surface area contributed by atoms with E-state index < -0.39 is 5.97 Å². The van der Waals surface area contributed by atoms with Crippen LogP contribution in [0, 0.1) is 5.92 Å². The summed E-state index contributed by atoms with van der Waals surface area (Å²) in [4.78, 5) is 11.6. The highest BCUT2D eigenvalue weighted by Crippen LogP contribution is 2.45. The SMILES string of the molecule is O=C(O)C1CCC(c2ccccc2)CC1SC1CCCC1. The number of carbonyl (C=O) groups is 1. The fourth-order valence-corrected chi connectivity index (χ4v) is 5.75. The first kappa shape index (κ1) is 15.0. The Balaban J connectivity index is 1.70. The molecule has 21 heavy (non-hydrogen) atoms. The predicted molar refractivity (Wildman–Crippen MR) is 87.8 cm³/mol. The van der Waals surface area contributed by atoms with Crippen molar-refractivity contribution in [3.63, 3.8) is 0 Å². The van der Waals surface area contributed by atoms with E-state index in [1.807, 2.05) is 11.8 Å². The van der Waals surface area contributed by atoms with Gasteiger partial charge in [-0.1, -0.05) is 43.2 Å². The zero-order valence-corrected chi connectivity index (χ0v) is 13.2. The molecule has 1 aromatic rings. The van der Waals surface area contributed by atoms with E-state index in [1.54, 1.807) is 0 Å². The van der Waals surface area contributed by atoms with E-state index in [0.29, 0.717) is 16.4 Å². The van der Waals surface area contributed by atoms with Gasteiger partial charge in [-0.15, -0.1) is 0 Å². The van der Waals surface area contributed by atoms with Crippen molar-refractivity contribution in [3.05, 3.63) is 35.9 Å². The standard InChI is InChI=1S/C18H24O2S/c19-18(20)16-11-10-14(13-6-2-1-3-7-13)12-17(16)21-15-8-4-5-9-15/h1-3,6-7,14-17H,4-5,8-12H2,(H,19,20). The fraction of sp³-hybridized carbons (Fsp3) is 0.611. The molecule has 2 fully saturated rings. The Labute approximate surface area is 131 Å².